The Morgan fingerprint density at radius 2 is 1.00 bits per heavy atom. The Morgan fingerprint density at radius 1 is 0.545 bits per heavy atom. The van der Waals surface area contributed by atoms with E-state index in [1.807, 2.05) is 36.4 Å². The van der Waals surface area contributed by atoms with Gasteiger partial charge < -0.3 is 14.2 Å². The maximum Gasteiger partial charge on any atom is 0.343 e. The van der Waals surface area contributed by atoms with Gasteiger partial charge in [0.1, 0.15) is 11.5 Å². The van der Waals surface area contributed by atoms with Crippen molar-refractivity contribution in [3.63, 3.8) is 0 Å². The molecule has 0 amide bonds. The number of ether oxygens (including phenoxy) is 3. The zero-order valence-corrected chi connectivity index (χ0v) is 27.1. The number of esters is 1. The van der Waals surface area contributed by atoms with Crippen LogP contribution in [0.1, 0.15) is 127 Å². The van der Waals surface area contributed by atoms with Crippen molar-refractivity contribution in [3.05, 3.63) is 78.1 Å². The predicted octanol–water partition coefficient (Wildman–Crippen LogP) is 11.8. The molecule has 5 heteroatoms. The van der Waals surface area contributed by atoms with Crippen molar-refractivity contribution in [2.24, 2.45) is 0 Å². The second kappa shape index (κ2) is 21.4. The summed E-state index contributed by atoms with van der Waals surface area (Å²) < 4.78 is 31.5. The van der Waals surface area contributed by atoms with Crippen molar-refractivity contribution in [1.29, 1.82) is 0 Å². The minimum Gasteiger partial charge on any atom is -0.494 e. The molecule has 44 heavy (non-hydrogen) atoms. The lowest BCUT2D eigenvalue weighted by Gasteiger charge is -2.10. The molecular weight excluding hydrogens is 551 g/mol. The van der Waals surface area contributed by atoms with E-state index in [0.29, 0.717) is 12.4 Å². The first-order valence-corrected chi connectivity index (χ1v) is 17.1. The molecule has 3 aromatic rings. The number of rotatable bonds is 23. The van der Waals surface area contributed by atoms with E-state index in [0.717, 1.165) is 42.7 Å². The van der Waals surface area contributed by atoms with Gasteiger partial charge in [0.05, 0.1) is 18.8 Å². The van der Waals surface area contributed by atoms with E-state index in [2.05, 4.69) is 13.8 Å². The van der Waals surface area contributed by atoms with Crippen molar-refractivity contribution in [2.45, 2.75) is 117 Å². The van der Waals surface area contributed by atoms with Gasteiger partial charge in [-0.3, -0.25) is 0 Å². The highest BCUT2D eigenvalue weighted by Crippen LogP contribution is 2.26. The third-order valence-electron chi connectivity index (χ3n) is 7.94. The molecule has 0 bridgehead atoms. The van der Waals surface area contributed by atoms with Crippen LogP contribution in [0.4, 0.5) is 4.39 Å². The van der Waals surface area contributed by atoms with Crippen molar-refractivity contribution < 1.29 is 23.4 Å². The van der Waals surface area contributed by atoms with Gasteiger partial charge >= 0.3 is 5.97 Å². The highest BCUT2D eigenvalue weighted by Gasteiger charge is 2.13. The summed E-state index contributed by atoms with van der Waals surface area (Å²) in [6, 6.07) is 19.6. The maximum absolute atomic E-state index is 14.5. The van der Waals surface area contributed by atoms with Gasteiger partial charge in [0.25, 0.3) is 0 Å². The Balaban J connectivity index is 1.35. The smallest absolute Gasteiger partial charge is 0.343 e. The van der Waals surface area contributed by atoms with Gasteiger partial charge in [-0.1, -0.05) is 128 Å². The predicted molar refractivity (Wildman–Crippen MR) is 179 cm³/mol. The molecule has 0 atom stereocenters. The first kappa shape index (κ1) is 35.1. The standard InChI is InChI=1S/C39H53FO4/c1-3-5-7-9-11-12-13-14-16-17-29-42-35-24-19-32(20-25-35)33-21-26-36(27-22-33)44-39(41)34-23-28-38(37(40)31-34)43-30-18-15-10-8-6-4-2/h19-28,31H,3-18,29-30H2,1-2H3. The molecular formula is C39H53FO4. The second-order valence-electron chi connectivity index (χ2n) is 11.7. The van der Waals surface area contributed by atoms with Crippen LogP contribution >= 0.6 is 0 Å². The van der Waals surface area contributed by atoms with E-state index in [1.54, 1.807) is 12.1 Å². The fourth-order valence-electron chi connectivity index (χ4n) is 5.21. The van der Waals surface area contributed by atoms with Crippen LogP contribution in [0.15, 0.2) is 66.7 Å². The van der Waals surface area contributed by atoms with Gasteiger partial charge in [0.15, 0.2) is 11.6 Å². The molecule has 240 valence electrons. The van der Waals surface area contributed by atoms with E-state index < -0.39 is 11.8 Å². The second-order valence-corrected chi connectivity index (χ2v) is 11.7. The third kappa shape index (κ3) is 13.5. The average molecular weight is 605 g/mol. The van der Waals surface area contributed by atoms with Crippen LogP contribution in [-0.2, 0) is 0 Å². The molecule has 0 heterocycles. The van der Waals surface area contributed by atoms with E-state index in [9.17, 15) is 9.18 Å². The van der Waals surface area contributed by atoms with Gasteiger partial charge in [-0.05, 0) is 66.4 Å². The fraction of sp³-hybridized carbons (Fsp3) is 0.513. The van der Waals surface area contributed by atoms with Crippen LogP contribution in [0.25, 0.3) is 11.1 Å². The first-order chi connectivity index (χ1) is 21.6. The van der Waals surface area contributed by atoms with Crippen molar-refractivity contribution >= 4 is 5.97 Å². The van der Waals surface area contributed by atoms with Crippen LogP contribution in [0, 0.1) is 5.82 Å². The number of halogens is 1. The van der Waals surface area contributed by atoms with Gasteiger partial charge in [0.2, 0.25) is 0 Å². The zero-order valence-electron chi connectivity index (χ0n) is 27.1. The molecule has 0 spiro atoms. The molecule has 3 rings (SSSR count). The molecule has 0 aliphatic heterocycles. The summed E-state index contributed by atoms with van der Waals surface area (Å²) in [5.41, 5.74) is 2.20. The van der Waals surface area contributed by atoms with E-state index in [-0.39, 0.29) is 11.3 Å². The molecule has 0 fully saturated rings. The van der Waals surface area contributed by atoms with Crippen LogP contribution in [0.2, 0.25) is 0 Å². The molecule has 0 aromatic heterocycles. The van der Waals surface area contributed by atoms with Crippen LogP contribution in [0.5, 0.6) is 17.2 Å². The van der Waals surface area contributed by atoms with E-state index in [4.69, 9.17) is 14.2 Å². The average Bonchev–Trinajstić information content (AvgIpc) is 3.04. The maximum atomic E-state index is 14.5. The minimum atomic E-state index is -0.608. The number of unbranched alkanes of at least 4 members (excludes halogenated alkanes) is 14. The number of hydrogen-bond acceptors (Lipinski definition) is 4. The molecule has 0 radical (unpaired) electrons. The van der Waals surface area contributed by atoms with Crippen molar-refractivity contribution in [3.8, 4) is 28.4 Å². The molecule has 3 aromatic carbocycles. The Morgan fingerprint density at radius 3 is 1.50 bits per heavy atom. The zero-order chi connectivity index (χ0) is 31.2. The fourth-order valence-corrected chi connectivity index (χ4v) is 5.21. The summed E-state index contributed by atoms with van der Waals surface area (Å²) in [5.74, 6) is 0.273. The van der Waals surface area contributed by atoms with Gasteiger partial charge in [-0.15, -0.1) is 0 Å². The van der Waals surface area contributed by atoms with Crippen LogP contribution < -0.4 is 14.2 Å². The molecule has 0 saturated carbocycles. The van der Waals surface area contributed by atoms with Crippen LogP contribution in [0.3, 0.4) is 0 Å². The van der Waals surface area contributed by atoms with Crippen LogP contribution in [-0.4, -0.2) is 19.2 Å². The summed E-state index contributed by atoms with van der Waals surface area (Å²) in [7, 11) is 0. The minimum absolute atomic E-state index is 0.145. The monoisotopic (exact) mass is 604 g/mol. The molecule has 0 aliphatic carbocycles. The SMILES string of the molecule is CCCCCCCCCCCCOc1ccc(-c2ccc(OC(=O)c3ccc(OCCCCCCCC)c(F)c3)cc2)cc1. The number of benzene rings is 3. The lowest BCUT2D eigenvalue weighted by atomic mass is 10.1. The quantitative estimate of drug-likeness (QED) is 0.0613. The lowest BCUT2D eigenvalue weighted by Crippen LogP contribution is -2.09. The molecule has 0 N–H and O–H groups in total. The molecule has 0 aliphatic rings. The largest absolute Gasteiger partial charge is 0.494 e. The Hall–Kier alpha value is -3.34. The van der Waals surface area contributed by atoms with E-state index >= 15 is 0 Å². The summed E-state index contributed by atoms with van der Waals surface area (Å²) >= 11 is 0. The highest BCUT2D eigenvalue weighted by molar-refractivity contribution is 5.91. The summed E-state index contributed by atoms with van der Waals surface area (Å²) in [6.45, 7) is 5.67. The number of carbonyl (C=O) groups excluding carboxylic acids is 1. The number of hydrogen-bond donors (Lipinski definition) is 0. The lowest BCUT2D eigenvalue weighted by molar-refractivity contribution is 0.0734. The van der Waals surface area contributed by atoms with Gasteiger partial charge in [-0.2, -0.15) is 0 Å². The Bertz CT molecular complexity index is 1190. The summed E-state index contributed by atoms with van der Waals surface area (Å²) in [4.78, 5) is 12.6. The topological polar surface area (TPSA) is 44.8 Å². The van der Waals surface area contributed by atoms with Gasteiger partial charge in [0, 0.05) is 0 Å². The normalized spacial score (nSPS) is 11.0. The summed E-state index contributed by atoms with van der Waals surface area (Å²) in [5, 5.41) is 0. The third-order valence-corrected chi connectivity index (χ3v) is 7.94. The molecule has 0 unspecified atom stereocenters. The Labute approximate surface area is 265 Å². The van der Waals surface area contributed by atoms with Crippen molar-refractivity contribution in [1.82, 2.24) is 0 Å². The Kier molecular flexibility index (Phi) is 17.1. The highest BCUT2D eigenvalue weighted by atomic mass is 19.1. The van der Waals surface area contributed by atoms with Crippen molar-refractivity contribution in [2.75, 3.05) is 13.2 Å². The molecule has 4 nitrogen and oxygen atoms in total. The molecule has 0 saturated heterocycles. The summed E-state index contributed by atoms with van der Waals surface area (Å²) in [6.07, 6.45) is 20.0. The number of carbonyl (C=O) groups is 1. The van der Waals surface area contributed by atoms with E-state index in [1.165, 1.54) is 102 Å². The van der Waals surface area contributed by atoms with Gasteiger partial charge in [-0.25, -0.2) is 9.18 Å². The first-order valence-electron chi connectivity index (χ1n) is 17.1.